The van der Waals surface area contributed by atoms with Crippen LogP contribution in [0.5, 0.6) is 0 Å². The van der Waals surface area contributed by atoms with Gasteiger partial charge in [-0.15, -0.1) is 29.1 Å². The first-order valence-electron chi connectivity index (χ1n) is 15.2. The number of allylic oxidation sites excluding steroid dienone is 2. The second kappa shape index (κ2) is 15.1. The molecule has 1 N–H and O–H groups in total. The number of fused-ring (bicyclic) bond motifs is 2. The van der Waals surface area contributed by atoms with Crippen LogP contribution in [0.15, 0.2) is 72.5 Å². The van der Waals surface area contributed by atoms with Gasteiger partial charge in [0, 0.05) is 48.6 Å². The topological polar surface area (TPSA) is 50.2 Å². The Labute approximate surface area is 267 Å². The van der Waals surface area contributed by atoms with Gasteiger partial charge in [0.2, 0.25) is 0 Å². The van der Waals surface area contributed by atoms with E-state index in [-0.39, 0.29) is 48.4 Å². The van der Waals surface area contributed by atoms with E-state index >= 15 is 0 Å². The zero-order valence-electron chi connectivity index (χ0n) is 26.9. The number of aromatic nitrogens is 1. The Kier molecular flexibility index (Phi) is 12.7. The first kappa shape index (κ1) is 35.4. The fraction of sp³-hybridized carbons (Fsp3) is 0.421. The Morgan fingerprint density at radius 2 is 1.48 bits per heavy atom. The van der Waals surface area contributed by atoms with Gasteiger partial charge in [-0.2, -0.15) is 0 Å². The molecular weight excluding hydrogens is 695 g/mol. The maximum Gasteiger partial charge on any atom is 0.162 e. The number of nitrogens with zero attached hydrogens (tertiary/aromatic N) is 1. The number of aliphatic hydroxyl groups excluding tert-OH is 1. The van der Waals surface area contributed by atoms with Crippen molar-refractivity contribution < 1.29 is 30.0 Å². The van der Waals surface area contributed by atoms with Crippen molar-refractivity contribution in [3.05, 3.63) is 89.7 Å². The van der Waals surface area contributed by atoms with Crippen LogP contribution in [0.25, 0.3) is 32.9 Å². The van der Waals surface area contributed by atoms with Gasteiger partial charge in [0.25, 0.3) is 0 Å². The number of hydrogen-bond donors (Lipinski definition) is 1. The molecule has 0 saturated heterocycles. The molecule has 1 aromatic heterocycles. The van der Waals surface area contributed by atoms with Crippen LogP contribution in [0.2, 0.25) is 0 Å². The molecule has 0 amide bonds. The van der Waals surface area contributed by atoms with Crippen LogP contribution in [0.3, 0.4) is 0 Å². The van der Waals surface area contributed by atoms with Crippen LogP contribution >= 0.6 is 0 Å². The predicted octanol–water partition coefficient (Wildman–Crippen LogP) is 10.7. The summed E-state index contributed by atoms with van der Waals surface area (Å²) in [4.78, 5) is 16.8. The van der Waals surface area contributed by atoms with E-state index in [2.05, 4.69) is 88.4 Å². The van der Waals surface area contributed by atoms with Gasteiger partial charge >= 0.3 is 0 Å². The number of ketones is 1. The summed E-state index contributed by atoms with van der Waals surface area (Å²) in [5.41, 5.74) is 5.50. The molecule has 0 atom stereocenters. The van der Waals surface area contributed by atoms with Gasteiger partial charge in [-0.25, -0.2) is 0 Å². The standard InChI is InChI=1S/C24H22N.C14H26O2.Ir/c1-16-13-23(25-22-12-8-7-10-19(16)22)18-14-17-9-5-6-11-20(17)21(15-18)24(2,3)4;1-6-11(7-2)12(15)10-13(16)14(5,8-3)9-4;/h5-13,15H,1-4H3;10-11,16H,6-9H2,1-5H3;/q-1;;/b;13-10-;. The zero-order chi connectivity index (χ0) is 30.4. The fourth-order valence-corrected chi connectivity index (χ4v) is 5.21. The zero-order valence-corrected chi connectivity index (χ0v) is 29.3. The summed E-state index contributed by atoms with van der Waals surface area (Å²) < 4.78 is 0. The van der Waals surface area contributed by atoms with Crippen molar-refractivity contribution in [3.63, 3.8) is 0 Å². The molecule has 1 radical (unpaired) electrons. The van der Waals surface area contributed by atoms with Gasteiger partial charge in [-0.3, -0.25) is 9.78 Å². The number of hydrogen-bond acceptors (Lipinski definition) is 3. The van der Waals surface area contributed by atoms with Crippen molar-refractivity contribution in [1.82, 2.24) is 4.98 Å². The number of rotatable bonds is 8. The average Bonchev–Trinajstić information content (AvgIpc) is 2.96. The molecule has 3 aromatic carbocycles. The number of carbonyl (C=O) groups excluding carboxylic acids is 1. The normalized spacial score (nSPS) is 12.2. The average molecular weight is 743 g/mol. The maximum atomic E-state index is 11.9. The minimum atomic E-state index is -0.248. The van der Waals surface area contributed by atoms with Crippen molar-refractivity contribution in [2.75, 3.05) is 0 Å². The second-order valence-corrected chi connectivity index (χ2v) is 12.4. The third-order valence-electron chi connectivity index (χ3n) is 8.63. The largest absolute Gasteiger partial charge is 0.512 e. The molecule has 0 unspecified atom stereocenters. The Balaban J connectivity index is 0.000000319. The van der Waals surface area contributed by atoms with Crippen LogP contribution in [0.1, 0.15) is 92.2 Å². The van der Waals surface area contributed by atoms with Crippen LogP contribution in [-0.2, 0) is 30.3 Å². The van der Waals surface area contributed by atoms with Gasteiger partial charge in [0.15, 0.2) is 5.78 Å². The molecule has 0 fully saturated rings. The fourth-order valence-electron chi connectivity index (χ4n) is 5.21. The molecule has 227 valence electrons. The molecule has 0 spiro atoms. The van der Waals surface area contributed by atoms with Crippen LogP contribution in [0.4, 0.5) is 0 Å². The molecular formula is C38H48IrNO2-. The van der Waals surface area contributed by atoms with E-state index < -0.39 is 0 Å². The monoisotopic (exact) mass is 743 g/mol. The smallest absolute Gasteiger partial charge is 0.162 e. The number of aryl methyl sites for hydroxylation is 1. The predicted molar refractivity (Wildman–Crippen MR) is 175 cm³/mol. The molecule has 1 heterocycles. The molecule has 0 saturated carbocycles. The number of benzene rings is 3. The van der Waals surface area contributed by atoms with Crippen molar-refractivity contribution in [3.8, 4) is 11.3 Å². The summed E-state index contributed by atoms with van der Waals surface area (Å²) in [5, 5.41) is 13.7. The number of pyridine rings is 1. The molecule has 4 rings (SSSR count). The Morgan fingerprint density at radius 3 is 2.05 bits per heavy atom. The summed E-state index contributed by atoms with van der Waals surface area (Å²) in [7, 11) is 0. The SMILES string of the molecule is CCC(CC)C(=O)/C=C(\O)C(C)(CC)CC.Cc1cc(-c2[c-]c3ccccc3c(C(C)(C)C)c2)nc2ccccc12.[Ir]. The number of aliphatic hydroxyl groups is 1. The van der Waals surface area contributed by atoms with E-state index in [0.29, 0.717) is 0 Å². The third-order valence-corrected chi connectivity index (χ3v) is 8.63. The number of para-hydroxylation sites is 1. The van der Waals surface area contributed by atoms with Gasteiger partial charge in [0.05, 0.1) is 5.52 Å². The van der Waals surface area contributed by atoms with E-state index in [9.17, 15) is 9.90 Å². The van der Waals surface area contributed by atoms with Crippen molar-refractivity contribution in [2.45, 2.75) is 93.4 Å². The van der Waals surface area contributed by atoms with E-state index in [1.54, 1.807) is 0 Å². The molecule has 4 aromatic rings. The minimum Gasteiger partial charge on any atom is -0.512 e. The molecule has 4 heteroatoms. The van der Waals surface area contributed by atoms with Crippen LogP contribution in [0, 0.1) is 24.3 Å². The van der Waals surface area contributed by atoms with E-state index in [4.69, 9.17) is 4.98 Å². The summed E-state index contributed by atoms with van der Waals surface area (Å²) >= 11 is 0. The maximum absolute atomic E-state index is 11.9. The molecule has 42 heavy (non-hydrogen) atoms. The Hall–Kier alpha value is -2.81. The molecule has 3 nitrogen and oxygen atoms in total. The molecule has 0 aliphatic heterocycles. The summed E-state index contributed by atoms with van der Waals surface area (Å²) in [6.45, 7) is 19.0. The quantitative estimate of drug-likeness (QED) is 0.111. The molecule has 0 aliphatic rings. The van der Waals surface area contributed by atoms with E-state index in [1.165, 1.54) is 28.0 Å². The van der Waals surface area contributed by atoms with E-state index in [0.717, 1.165) is 47.8 Å². The first-order valence-corrected chi connectivity index (χ1v) is 15.2. The summed E-state index contributed by atoms with van der Waals surface area (Å²) in [5.74, 6) is 0.366. The minimum absolute atomic E-state index is 0. The Morgan fingerprint density at radius 1 is 0.905 bits per heavy atom. The Bertz CT molecular complexity index is 1520. The van der Waals surface area contributed by atoms with Crippen molar-refractivity contribution in [1.29, 1.82) is 0 Å². The molecule has 0 bridgehead atoms. The summed E-state index contributed by atoms with van der Waals surface area (Å²) in [6, 6.07) is 24.9. The summed E-state index contributed by atoms with van der Waals surface area (Å²) in [6.07, 6.45) is 4.83. The van der Waals surface area contributed by atoms with Crippen molar-refractivity contribution in [2.24, 2.45) is 11.3 Å². The van der Waals surface area contributed by atoms with E-state index in [1.807, 2.05) is 40.7 Å². The van der Waals surface area contributed by atoms with Crippen molar-refractivity contribution >= 4 is 27.5 Å². The molecule has 0 aliphatic carbocycles. The second-order valence-electron chi connectivity index (χ2n) is 12.4. The van der Waals surface area contributed by atoms with Crippen LogP contribution in [-0.4, -0.2) is 15.9 Å². The third kappa shape index (κ3) is 8.17. The van der Waals surface area contributed by atoms with Gasteiger partial charge in [-0.05, 0) is 49.7 Å². The van der Waals surface area contributed by atoms with Gasteiger partial charge < -0.3 is 5.11 Å². The number of carbonyl (C=O) groups is 1. The first-order chi connectivity index (χ1) is 19.4. The van der Waals surface area contributed by atoms with Gasteiger partial charge in [-0.1, -0.05) is 109 Å². The van der Waals surface area contributed by atoms with Crippen LogP contribution < -0.4 is 0 Å². The van der Waals surface area contributed by atoms with Gasteiger partial charge in [0.1, 0.15) is 5.76 Å².